The van der Waals surface area contributed by atoms with E-state index in [2.05, 4.69) is 15.5 Å². The highest BCUT2D eigenvalue weighted by Crippen LogP contribution is 2.26. The second-order valence-electron chi connectivity index (χ2n) is 7.04. The van der Waals surface area contributed by atoms with Gasteiger partial charge in [-0.2, -0.15) is 5.26 Å². The predicted molar refractivity (Wildman–Crippen MR) is 130 cm³/mol. The fourth-order valence-electron chi connectivity index (χ4n) is 2.72. The van der Waals surface area contributed by atoms with Crippen LogP contribution in [0.1, 0.15) is 12.0 Å². The van der Waals surface area contributed by atoms with Gasteiger partial charge in [-0.1, -0.05) is 35.6 Å². The summed E-state index contributed by atoms with van der Waals surface area (Å²) in [5, 5.41) is 18.8. The Kier molecular flexibility index (Phi) is 8.77. The molecule has 0 fully saturated rings. The van der Waals surface area contributed by atoms with Gasteiger partial charge in [-0.15, -0.1) is 10.2 Å². The number of hydrogen-bond donors (Lipinski definition) is 1. The molecule has 0 saturated heterocycles. The number of benzene rings is 2. The Morgan fingerprint density at radius 1 is 1.09 bits per heavy atom. The number of hydrogen-bond acceptors (Lipinski definition) is 10. The van der Waals surface area contributed by atoms with Gasteiger partial charge in [0.05, 0.1) is 20.3 Å². The summed E-state index contributed by atoms with van der Waals surface area (Å²) < 4.78 is 39.4. The number of carbonyl (C=O) groups is 1. The molecule has 0 unspecified atom stereocenters. The molecule has 0 aliphatic heterocycles. The van der Waals surface area contributed by atoms with Crippen LogP contribution in [0.5, 0.6) is 17.2 Å². The quantitative estimate of drug-likeness (QED) is 0.176. The zero-order valence-electron chi connectivity index (χ0n) is 18.9. The van der Waals surface area contributed by atoms with E-state index >= 15 is 0 Å². The Bertz CT molecular complexity index is 1340. The lowest BCUT2D eigenvalue weighted by Crippen LogP contribution is -2.13. The molecule has 1 amide bonds. The van der Waals surface area contributed by atoms with Crippen LogP contribution in [0, 0.1) is 11.3 Å². The van der Waals surface area contributed by atoms with E-state index in [4.69, 9.17) is 14.2 Å². The standard InChI is InChI=1S/C23H22N4O6S2/c1-31-19-6-3-4-7-20(19)33-13-5-12-32-18-10-8-16(9-11-18)14-17(15-24)21(28)25-22-26-27-23(34-22)35(2,29)30/h3-4,6-11,14H,5,12-13H2,1-2H3,(H,25,26,28). The molecule has 2 aromatic carbocycles. The average Bonchev–Trinajstić information content (AvgIpc) is 3.32. The van der Waals surface area contributed by atoms with Crippen LogP contribution in [0.4, 0.5) is 5.13 Å². The van der Waals surface area contributed by atoms with Gasteiger partial charge in [0, 0.05) is 12.7 Å². The largest absolute Gasteiger partial charge is 0.493 e. The van der Waals surface area contributed by atoms with Crippen molar-refractivity contribution in [2.45, 2.75) is 10.8 Å². The zero-order valence-corrected chi connectivity index (χ0v) is 20.6. The molecule has 0 aliphatic carbocycles. The number of nitriles is 1. The van der Waals surface area contributed by atoms with Crippen LogP contribution in [-0.2, 0) is 14.6 Å². The van der Waals surface area contributed by atoms with Gasteiger partial charge in [-0.05, 0) is 35.9 Å². The number of nitrogens with one attached hydrogen (secondary N) is 1. The van der Waals surface area contributed by atoms with Crippen molar-refractivity contribution in [2.24, 2.45) is 0 Å². The Morgan fingerprint density at radius 2 is 1.77 bits per heavy atom. The summed E-state index contributed by atoms with van der Waals surface area (Å²) in [7, 11) is -1.94. The number of amides is 1. The number of nitrogens with zero attached hydrogens (tertiary/aromatic N) is 3. The van der Waals surface area contributed by atoms with Crippen molar-refractivity contribution in [1.29, 1.82) is 5.26 Å². The molecule has 1 aromatic heterocycles. The lowest BCUT2D eigenvalue weighted by Gasteiger charge is -2.11. The minimum absolute atomic E-state index is 0.0185. The molecule has 182 valence electrons. The smallest absolute Gasteiger partial charge is 0.268 e. The molecule has 0 aliphatic rings. The third kappa shape index (κ3) is 7.53. The van der Waals surface area contributed by atoms with Crippen molar-refractivity contribution >= 4 is 38.3 Å². The van der Waals surface area contributed by atoms with Crippen LogP contribution in [-0.4, -0.2) is 51.1 Å². The molecule has 12 heteroatoms. The summed E-state index contributed by atoms with van der Waals surface area (Å²) in [5.41, 5.74) is 0.431. The van der Waals surface area contributed by atoms with Gasteiger partial charge in [0.25, 0.3) is 5.91 Å². The van der Waals surface area contributed by atoms with E-state index in [1.54, 1.807) is 31.4 Å². The normalized spacial score (nSPS) is 11.4. The van der Waals surface area contributed by atoms with Crippen LogP contribution in [0.2, 0.25) is 0 Å². The van der Waals surface area contributed by atoms with Crippen molar-refractivity contribution in [3.8, 4) is 23.3 Å². The first kappa shape index (κ1) is 25.7. The molecule has 0 bridgehead atoms. The van der Waals surface area contributed by atoms with Gasteiger partial charge in [0.1, 0.15) is 17.4 Å². The maximum atomic E-state index is 12.4. The van der Waals surface area contributed by atoms with Gasteiger partial charge < -0.3 is 14.2 Å². The topological polar surface area (TPSA) is 140 Å². The fourth-order valence-corrected chi connectivity index (χ4v) is 4.22. The molecule has 3 rings (SSSR count). The Morgan fingerprint density at radius 3 is 2.40 bits per heavy atom. The molecular weight excluding hydrogens is 492 g/mol. The van der Waals surface area contributed by atoms with Gasteiger partial charge in [-0.25, -0.2) is 8.42 Å². The Labute approximate surface area is 206 Å². The number of methoxy groups -OCH3 is 1. The van der Waals surface area contributed by atoms with Crippen molar-refractivity contribution in [3.63, 3.8) is 0 Å². The monoisotopic (exact) mass is 514 g/mol. The number of para-hydroxylation sites is 2. The molecule has 0 atom stereocenters. The highest BCUT2D eigenvalue weighted by Gasteiger charge is 2.17. The number of anilines is 1. The third-order valence-corrected chi connectivity index (χ3v) is 6.89. The zero-order chi connectivity index (χ0) is 25.3. The van der Waals surface area contributed by atoms with Crippen LogP contribution in [0.15, 0.2) is 58.4 Å². The Hall–Kier alpha value is -3.95. The first-order valence-electron chi connectivity index (χ1n) is 10.3. The van der Waals surface area contributed by atoms with E-state index in [0.29, 0.717) is 53.8 Å². The summed E-state index contributed by atoms with van der Waals surface area (Å²) in [6.45, 7) is 0.898. The van der Waals surface area contributed by atoms with Gasteiger partial charge in [-0.3, -0.25) is 10.1 Å². The van der Waals surface area contributed by atoms with Gasteiger partial charge in [0.2, 0.25) is 19.3 Å². The van der Waals surface area contributed by atoms with Crippen LogP contribution in [0.25, 0.3) is 6.08 Å². The second kappa shape index (κ2) is 12.0. The minimum Gasteiger partial charge on any atom is -0.493 e. The lowest BCUT2D eigenvalue weighted by atomic mass is 10.1. The molecule has 1 heterocycles. The predicted octanol–water partition coefficient (Wildman–Crippen LogP) is 3.34. The Balaban J connectivity index is 1.50. The maximum absolute atomic E-state index is 12.4. The number of aromatic nitrogens is 2. The molecule has 3 aromatic rings. The molecule has 1 N–H and O–H groups in total. The lowest BCUT2D eigenvalue weighted by molar-refractivity contribution is -0.112. The number of carbonyl (C=O) groups excluding carboxylic acids is 1. The minimum atomic E-state index is -3.53. The molecule has 0 radical (unpaired) electrons. The van der Waals surface area contributed by atoms with Gasteiger partial charge in [0.15, 0.2) is 11.5 Å². The van der Waals surface area contributed by atoms with E-state index < -0.39 is 15.7 Å². The molecule has 0 spiro atoms. The fraction of sp³-hybridized carbons (Fsp3) is 0.217. The first-order valence-corrected chi connectivity index (χ1v) is 13.0. The molecule has 10 nitrogen and oxygen atoms in total. The van der Waals surface area contributed by atoms with Crippen LogP contribution >= 0.6 is 11.3 Å². The highest BCUT2D eigenvalue weighted by molar-refractivity contribution is 7.92. The maximum Gasteiger partial charge on any atom is 0.268 e. The van der Waals surface area contributed by atoms with Crippen molar-refractivity contribution in [3.05, 3.63) is 59.7 Å². The van der Waals surface area contributed by atoms with E-state index in [-0.39, 0.29) is 15.0 Å². The van der Waals surface area contributed by atoms with Crippen molar-refractivity contribution < 1.29 is 27.4 Å². The highest BCUT2D eigenvalue weighted by atomic mass is 32.2. The molecule has 0 saturated carbocycles. The number of ether oxygens (including phenoxy) is 3. The SMILES string of the molecule is COc1ccccc1OCCCOc1ccc(C=C(C#N)C(=O)Nc2nnc(S(C)(=O)=O)s2)cc1. The second-order valence-corrected chi connectivity index (χ2v) is 10.2. The van der Waals surface area contributed by atoms with Crippen LogP contribution < -0.4 is 19.5 Å². The van der Waals surface area contributed by atoms with Crippen molar-refractivity contribution in [1.82, 2.24) is 10.2 Å². The summed E-state index contributed by atoms with van der Waals surface area (Å²) in [4.78, 5) is 12.4. The summed E-state index contributed by atoms with van der Waals surface area (Å²) >= 11 is 0.705. The third-order valence-electron chi connectivity index (χ3n) is 4.38. The number of rotatable bonds is 11. The van der Waals surface area contributed by atoms with Gasteiger partial charge >= 0.3 is 0 Å². The van der Waals surface area contributed by atoms with E-state index in [9.17, 15) is 18.5 Å². The summed E-state index contributed by atoms with van der Waals surface area (Å²) in [6.07, 6.45) is 3.05. The van der Waals surface area contributed by atoms with Crippen molar-refractivity contribution in [2.75, 3.05) is 31.9 Å². The average molecular weight is 515 g/mol. The summed E-state index contributed by atoms with van der Waals surface area (Å²) in [5.74, 6) is 1.25. The first-order chi connectivity index (χ1) is 16.8. The molecular formula is C23H22N4O6S2. The summed E-state index contributed by atoms with van der Waals surface area (Å²) in [6, 6.07) is 16.1. The number of sulfone groups is 1. The van der Waals surface area contributed by atoms with E-state index in [1.165, 1.54) is 6.08 Å². The van der Waals surface area contributed by atoms with Crippen LogP contribution in [0.3, 0.4) is 0 Å². The molecule has 35 heavy (non-hydrogen) atoms. The van der Waals surface area contributed by atoms with E-state index in [0.717, 1.165) is 6.26 Å². The van der Waals surface area contributed by atoms with E-state index in [1.807, 2.05) is 30.3 Å².